The first-order valence-corrected chi connectivity index (χ1v) is 7.13. The summed E-state index contributed by atoms with van der Waals surface area (Å²) in [6.07, 6.45) is 2.00. The van der Waals surface area contributed by atoms with Gasteiger partial charge in [-0.05, 0) is 36.2 Å². The summed E-state index contributed by atoms with van der Waals surface area (Å²) in [5, 5.41) is 14.6. The number of rotatable bonds is 6. The van der Waals surface area contributed by atoms with Crippen molar-refractivity contribution in [3.05, 3.63) is 77.8 Å². The Hall–Kier alpha value is -3.13. The van der Waals surface area contributed by atoms with Crippen LogP contribution in [-0.2, 0) is 11.2 Å². The second kappa shape index (κ2) is 8.35. The van der Waals surface area contributed by atoms with Gasteiger partial charge in [0.2, 0.25) is 0 Å². The number of nitriles is 1. The summed E-state index contributed by atoms with van der Waals surface area (Å²) in [5.74, 6) is -0.795. The Labute approximate surface area is 134 Å². The molecular formula is C18H16FN3O. The average molecular weight is 309 g/mol. The van der Waals surface area contributed by atoms with E-state index in [4.69, 9.17) is 5.26 Å². The number of carbonyl (C=O) groups is 1. The maximum Gasteiger partial charge on any atom is 0.263 e. The highest BCUT2D eigenvalue weighted by molar-refractivity contribution is 5.97. The number of benzene rings is 2. The number of amides is 1. The summed E-state index contributed by atoms with van der Waals surface area (Å²) in [4.78, 5) is 11.9. The molecule has 0 heterocycles. The standard InChI is InChI=1S/C18H16FN3O/c19-16-6-8-17(9-7-16)22-13-15(12-20)18(23)21-11-10-14-4-2-1-3-5-14/h1-9,13,22H,10-11H2,(H,21,23)/b15-13-. The molecule has 2 N–H and O–H groups in total. The fourth-order valence-corrected chi connectivity index (χ4v) is 1.91. The summed E-state index contributed by atoms with van der Waals surface area (Å²) in [7, 11) is 0. The molecule has 5 heteroatoms. The third-order valence-corrected chi connectivity index (χ3v) is 3.13. The molecular weight excluding hydrogens is 293 g/mol. The highest BCUT2D eigenvalue weighted by atomic mass is 19.1. The molecule has 2 aromatic carbocycles. The number of anilines is 1. The largest absolute Gasteiger partial charge is 0.360 e. The molecule has 1 amide bonds. The minimum absolute atomic E-state index is 0.0395. The van der Waals surface area contributed by atoms with Crippen LogP contribution >= 0.6 is 0 Å². The van der Waals surface area contributed by atoms with Gasteiger partial charge in [-0.2, -0.15) is 5.26 Å². The van der Waals surface area contributed by atoms with Gasteiger partial charge < -0.3 is 10.6 Å². The molecule has 0 saturated heterocycles. The van der Waals surface area contributed by atoms with E-state index in [9.17, 15) is 9.18 Å². The molecule has 0 aliphatic carbocycles. The quantitative estimate of drug-likeness (QED) is 0.637. The molecule has 0 atom stereocenters. The van der Waals surface area contributed by atoms with Crippen LogP contribution in [0.3, 0.4) is 0 Å². The van der Waals surface area contributed by atoms with Gasteiger partial charge in [0.25, 0.3) is 5.91 Å². The minimum Gasteiger partial charge on any atom is -0.360 e. The van der Waals surface area contributed by atoms with Gasteiger partial charge in [0.15, 0.2) is 0 Å². The topological polar surface area (TPSA) is 64.9 Å². The molecule has 116 valence electrons. The highest BCUT2D eigenvalue weighted by Gasteiger charge is 2.07. The summed E-state index contributed by atoms with van der Waals surface area (Å²) < 4.78 is 12.8. The van der Waals surface area contributed by atoms with Gasteiger partial charge in [0.05, 0.1) is 0 Å². The Kier molecular flexibility index (Phi) is 5.89. The third-order valence-electron chi connectivity index (χ3n) is 3.13. The molecule has 0 aromatic heterocycles. The molecule has 2 rings (SSSR count). The first-order valence-electron chi connectivity index (χ1n) is 7.13. The van der Waals surface area contributed by atoms with E-state index in [0.29, 0.717) is 18.7 Å². The van der Waals surface area contributed by atoms with Gasteiger partial charge >= 0.3 is 0 Å². The Morgan fingerprint density at radius 3 is 2.48 bits per heavy atom. The zero-order valence-corrected chi connectivity index (χ0v) is 12.4. The Balaban J connectivity index is 1.86. The summed E-state index contributed by atoms with van der Waals surface area (Å²) >= 11 is 0. The van der Waals surface area contributed by atoms with Gasteiger partial charge in [0.1, 0.15) is 17.5 Å². The van der Waals surface area contributed by atoms with Crippen LogP contribution in [0.4, 0.5) is 10.1 Å². The van der Waals surface area contributed by atoms with Gasteiger partial charge in [-0.3, -0.25) is 4.79 Å². The van der Waals surface area contributed by atoms with E-state index in [2.05, 4.69) is 10.6 Å². The minimum atomic E-state index is -0.446. The van der Waals surface area contributed by atoms with Gasteiger partial charge in [0, 0.05) is 18.4 Å². The lowest BCUT2D eigenvalue weighted by Gasteiger charge is -2.05. The summed E-state index contributed by atoms with van der Waals surface area (Å²) in [5.41, 5.74) is 1.67. The van der Waals surface area contributed by atoms with Crippen molar-refractivity contribution in [3.8, 4) is 6.07 Å². The number of hydrogen-bond donors (Lipinski definition) is 2. The van der Waals surface area contributed by atoms with Crippen LogP contribution in [-0.4, -0.2) is 12.5 Å². The van der Waals surface area contributed by atoms with Crippen molar-refractivity contribution in [1.82, 2.24) is 5.32 Å². The second-order valence-electron chi connectivity index (χ2n) is 4.81. The van der Waals surface area contributed by atoms with Gasteiger partial charge in [-0.15, -0.1) is 0 Å². The Morgan fingerprint density at radius 2 is 1.83 bits per heavy atom. The van der Waals surface area contributed by atoms with E-state index < -0.39 is 5.91 Å². The maximum absolute atomic E-state index is 12.8. The second-order valence-corrected chi connectivity index (χ2v) is 4.81. The first-order chi connectivity index (χ1) is 11.2. The molecule has 0 spiro atoms. The number of halogens is 1. The van der Waals surface area contributed by atoms with Gasteiger partial charge in [-0.25, -0.2) is 4.39 Å². The zero-order chi connectivity index (χ0) is 16.5. The van der Waals surface area contributed by atoms with Crippen LogP contribution in [0, 0.1) is 17.1 Å². The predicted molar refractivity (Wildman–Crippen MR) is 86.9 cm³/mol. The highest BCUT2D eigenvalue weighted by Crippen LogP contribution is 2.08. The zero-order valence-electron chi connectivity index (χ0n) is 12.4. The van der Waals surface area contributed by atoms with Crippen molar-refractivity contribution in [2.24, 2.45) is 0 Å². The molecule has 0 saturated carbocycles. The molecule has 4 nitrogen and oxygen atoms in total. The number of carbonyl (C=O) groups excluding carboxylic acids is 1. The lowest BCUT2D eigenvalue weighted by atomic mass is 10.1. The van der Waals surface area contributed by atoms with Crippen LogP contribution < -0.4 is 10.6 Å². The molecule has 0 fully saturated rings. The van der Waals surface area contributed by atoms with Gasteiger partial charge in [-0.1, -0.05) is 30.3 Å². The van der Waals surface area contributed by atoms with Crippen molar-refractivity contribution >= 4 is 11.6 Å². The monoisotopic (exact) mass is 309 g/mol. The maximum atomic E-state index is 12.8. The average Bonchev–Trinajstić information content (AvgIpc) is 2.58. The molecule has 0 radical (unpaired) electrons. The number of nitrogens with one attached hydrogen (secondary N) is 2. The normalized spacial score (nSPS) is 10.7. The van der Waals surface area contributed by atoms with E-state index in [-0.39, 0.29) is 11.4 Å². The van der Waals surface area contributed by atoms with Crippen molar-refractivity contribution < 1.29 is 9.18 Å². The van der Waals surface area contributed by atoms with Crippen LogP contribution in [0.5, 0.6) is 0 Å². The fraction of sp³-hybridized carbons (Fsp3) is 0.111. The van der Waals surface area contributed by atoms with Crippen molar-refractivity contribution in [2.75, 3.05) is 11.9 Å². The van der Waals surface area contributed by atoms with Crippen molar-refractivity contribution in [1.29, 1.82) is 5.26 Å². The Morgan fingerprint density at radius 1 is 1.13 bits per heavy atom. The van der Waals surface area contributed by atoms with E-state index in [1.165, 1.54) is 30.5 Å². The van der Waals surface area contributed by atoms with E-state index >= 15 is 0 Å². The van der Waals surface area contributed by atoms with Crippen LogP contribution in [0.1, 0.15) is 5.56 Å². The molecule has 23 heavy (non-hydrogen) atoms. The molecule has 0 aliphatic rings. The van der Waals surface area contributed by atoms with Crippen molar-refractivity contribution in [2.45, 2.75) is 6.42 Å². The fourth-order valence-electron chi connectivity index (χ4n) is 1.91. The smallest absolute Gasteiger partial charge is 0.263 e. The lowest BCUT2D eigenvalue weighted by molar-refractivity contribution is -0.117. The third kappa shape index (κ3) is 5.29. The Bertz CT molecular complexity index is 718. The molecule has 0 bridgehead atoms. The van der Waals surface area contributed by atoms with Crippen LogP contribution in [0.25, 0.3) is 0 Å². The number of nitrogens with zero attached hydrogens (tertiary/aromatic N) is 1. The summed E-state index contributed by atoms with van der Waals surface area (Å²) in [6, 6.07) is 17.2. The van der Waals surface area contributed by atoms with Crippen LogP contribution in [0.15, 0.2) is 66.4 Å². The van der Waals surface area contributed by atoms with Crippen LogP contribution in [0.2, 0.25) is 0 Å². The lowest BCUT2D eigenvalue weighted by Crippen LogP contribution is -2.27. The molecule has 2 aromatic rings. The molecule has 0 aliphatic heterocycles. The van der Waals surface area contributed by atoms with E-state index in [0.717, 1.165) is 5.56 Å². The molecule has 0 unspecified atom stereocenters. The number of hydrogen-bond acceptors (Lipinski definition) is 3. The van der Waals surface area contributed by atoms with E-state index in [1.807, 2.05) is 36.4 Å². The SMILES string of the molecule is N#C/C(=C/Nc1ccc(F)cc1)C(=O)NCCc1ccccc1. The first kappa shape index (κ1) is 16.2. The summed E-state index contributed by atoms with van der Waals surface area (Å²) in [6.45, 7) is 0.443. The van der Waals surface area contributed by atoms with Crippen molar-refractivity contribution in [3.63, 3.8) is 0 Å². The predicted octanol–water partition coefficient (Wildman–Crippen LogP) is 3.00. The van der Waals surface area contributed by atoms with E-state index in [1.54, 1.807) is 0 Å².